The highest BCUT2D eigenvalue weighted by molar-refractivity contribution is 7.47. The lowest BCUT2D eigenvalue weighted by molar-refractivity contribution is -0.161. The maximum atomic E-state index is 13.1. The topological polar surface area (TPSA) is 237 Å². The Morgan fingerprint density at radius 2 is 0.540 bits per heavy atom. The molecule has 5 atom stereocenters. The predicted molar refractivity (Wildman–Crippen MR) is 409 cm³/mol. The van der Waals surface area contributed by atoms with Crippen LogP contribution >= 0.6 is 15.6 Å². The van der Waals surface area contributed by atoms with Crippen molar-refractivity contribution in [2.75, 3.05) is 39.6 Å². The molecule has 0 aromatic carbocycles. The molecule has 0 saturated heterocycles. The van der Waals surface area contributed by atoms with E-state index in [0.29, 0.717) is 31.6 Å². The molecule has 100 heavy (non-hydrogen) atoms. The van der Waals surface area contributed by atoms with E-state index in [0.717, 1.165) is 115 Å². The number of aliphatic hydroxyl groups is 1. The first-order valence-corrected chi connectivity index (χ1v) is 44.3. The van der Waals surface area contributed by atoms with Crippen LogP contribution in [-0.2, 0) is 65.4 Å². The van der Waals surface area contributed by atoms with E-state index in [1.165, 1.54) is 199 Å². The molecule has 0 spiro atoms. The number of ether oxygens (including phenoxy) is 4. The first kappa shape index (κ1) is 97.5. The van der Waals surface area contributed by atoms with Crippen LogP contribution in [0.4, 0.5) is 0 Å². The van der Waals surface area contributed by atoms with Gasteiger partial charge in [-0.15, -0.1) is 0 Å². The number of aliphatic hydroxyl groups excluding tert-OH is 1. The Morgan fingerprint density at radius 3 is 0.820 bits per heavy atom. The molecule has 0 fully saturated rings. The van der Waals surface area contributed by atoms with Gasteiger partial charge in [-0.25, -0.2) is 9.13 Å². The number of hydrogen-bond acceptors (Lipinski definition) is 15. The minimum atomic E-state index is -4.97. The van der Waals surface area contributed by atoms with Crippen molar-refractivity contribution < 1.29 is 80.2 Å². The van der Waals surface area contributed by atoms with Crippen LogP contribution in [0.5, 0.6) is 0 Å². The lowest BCUT2D eigenvalue weighted by Crippen LogP contribution is -2.30. The van der Waals surface area contributed by atoms with Gasteiger partial charge in [0.05, 0.1) is 26.4 Å². The van der Waals surface area contributed by atoms with Gasteiger partial charge in [-0.1, -0.05) is 348 Å². The Balaban J connectivity index is 5.27. The second kappa shape index (κ2) is 72.1. The zero-order chi connectivity index (χ0) is 73.5. The maximum Gasteiger partial charge on any atom is 0.472 e. The van der Waals surface area contributed by atoms with E-state index in [9.17, 15) is 43.2 Å². The Labute approximate surface area is 612 Å². The molecule has 0 rings (SSSR count). The summed E-state index contributed by atoms with van der Waals surface area (Å²) < 4.78 is 68.7. The molecule has 0 aliphatic heterocycles. The zero-order valence-corrected chi connectivity index (χ0v) is 66.8. The van der Waals surface area contributed by atoms with E-state index < -0.39 is 97.5 Å². The van der Waals surface area contributed by atoms with Gasteiger partial charge >= 0.3 is 39.5 Å². The summed E-state index contributed by atoms with van der Waals surface area (Å²) in [5.41, 5.74) is 0. The van der Waals surface area contributed by atoms with Crippen LogP contribution in [-0.4, -0.2) is 96.7 Å². The third-order valence-electron chi connectivity index (χ3n) is 18.3. The fraction of sp³-hybridized carbons (Fsp3) is 0.901. The number of esters is 4. The van der Waals surface area contributed by atoms with Gasteiger partial charge < -0.3 is 33.8 Å². The number of carbonyl (C=O) groups is 4. The highest BCUT2D eigenvalue weighted by Crippen LogP contribution is 2.45. The monoisotopic (exact) mass is 1460 g/mol. The Kier molecular flexibility index (Phi) is 70.3. The van der Waals surface area contributed by atoms with Crippen molar-refractivity contribution in [3.8, 4) is 0 Å². The fourth-order valence-corrected chi connectivity index (χ4v) is 13.6. The van der Waals surface area contributed by atoms with E-state index >= 15 is 0 Å². The molecule has 17 nitrogen and oxygen atoms in total. The van der Waals surface area contributed by atoms with Crippen molar-refractivity contribution in [3.05, 3.63) is 24.3 Å². The van der Waals surface area contributed by atoms with Gasteiger partial charge in [0, 0.05) is 25.7 Å². The smallest absolute Gasteiger partial charge is 0.462 e. The van der Waals surface area contributed by atoms with E-state index in [1.54, 1.807) is 0 Å². The van der Waals surface area contributed by atoms with Crippen molar-refractivity contribution in [1.82, 2.24) is 0 Å². The standard InChI is InChI=1S/C81H154O17P2/c1-7-9-11-13-15-17-19-21-23-24-25-27-33-37-41-47-54-60-66-80(85)97-76(69-91-78(83)63-57-51-45-39-35-31-29-28-30-34-38-43-49-55-61-73(3)4)71-95-99(87,88)93-67-75(82)68-94-100(89,90)96-72-77(70-92-79(84)64-58-52-48-42-44-50-56-62-74(5)6)98-81(86)65-59-53-46-40-36-32-26-22-20-18-16-14-12-10-8-2/h18,20,22,26,73-77,82H,7-17,19,21,23-25,27-72H2,1-6H3,(H,87,88)(H,89,90)/b20-18-,26-22-/t75-,76-,77-/m1/s1. The summed E-state index contributed by atoms with van der Waals surface area (Å²) in [6.45, 7) is 9.53. The summed E-state index contributed by atoms with van der Waals surface area (Å²) in [5.74, 6) is -0.640. The van der Waals surface area contributed by atoms with Gasteiger partial charge in [-0.05, 0) is 63.2 Å². The lowest BCUT2D eigenvalue weighted by atomic mass is 10.0. The highest BCUT2D eigenvalue weighted by atomic mass is 31.2. The molecule has 0 aromatic heterocycles. The Bertz CT molecular complexity index is 2020. The predicted octanol–water partition coefficient (Wildman–Crippen LogP) is 23.8. The van der Waals surface area contributed by atoms with Crippen molar-refractivity contribution in [2.24, 2.45) is 11.8 Å². The number of phosphoric acid groups is 2. The van der Waals surface area contributed by atoms with Gasteiger partial charge in [-0.3, -0.25) is 37.3 Å². The molecule has 3 N–H and O–H groups in total. The molecular formula is C81H154O17P2. The molecule has 590 valence electrons. The number of unbranched alkanes of at least 4 members (excludes halogenated alkanes) is 45. The molecular weight excluding hydrogens is 1310 g/mol. The number of hydrogen-bond donors (Lipinski definition) is 3. The molecule has 0 aliphatic rings. The maximum absolute atomic E-state index is 13.1. The van der Waals surface area contributed by atoms with Crippen molar-refractivity contribution in [2.45, 2.75) is 419 Å². The number of carbonyl (C=O) groups excluding carboxylic acids is 4. The fourth-order valence-electron chi connectivity index (χ4n) is 12.0. The summed E-state index contributed by atoms with van der Waals surface area (Å²) in [6, 6.07) is 0. The van der Waals surface area contributed by atoms with Crippen LogP contribution in [0.2, 0.25) is 0 Å². The number of rotatable bonds is 78. The van der Waals surface area contributed by atoms with E-state index in [4.69, 9.17) is 37.0 Å². The van der Waals surface area contributed by atoms with Gasteiger partial charge in [0.15, 0.2) is 12.2 Å². The van der Waals surface area contributed by atoms with E-state index in [2.05, 4.69) is 65.8 Å². The second-order valence-corrected chi connectivity index (χ2v) is 32.3. The Hall–Kier alpha value is -2.46. The first-order valence-electron chi connectivity index (χ1n) is 41.3. The van der Waals surface area contributed by atoms with Crippen molar-refractivity contribution in [3.63, 3.8) is 0 Å². The molecule has 2 unspecified atom stereocenters. The molecule has 0 heterocycles. The molecule has 0 aliphatic carbocycles. The quantitative estimate of drug-likeness (QED) is 0.0169. The van der Waals surface area contributed by atoms with Gasteiger partial charge in [0.2, 0.25) is 0 Å². The van der Waals surface area contributed by atoms with Crippen LogP contribution < -0.4 is 0 Å². The van der Waals surface area contributed by atoms with Crippen LogP contribution in [0.25, 0.3) is 0 Å². The molecule has 19 heteroatoms. The molecule has 0 bridgehead atoms. The third-order valence-corrected chi connectivity index (χ3v) is 20.2. The molecule has 0 aromatic rings. The summed E-state index contributed by atoms with van der Waals surface area (Å²) in [4.78, 5) is 73.0. The summed E-state index contributed by atoms with van der Waals surface area (Å²) >= 11 is 0. The van der Waals surface area contributed by atoms with Crippen LogP contribution in [0, 0.1) is 11.8 Å². The van der Waals surface area contributed by atoms with Crippen LogP contribution in [0.1, 0.15) is 401 Å². The Morgan fingerprint density at radius 1 is 0.310 bits per heavy atom. The summed E-state index contributed by atoms with van der Waals surface area (Å²) in [6.07, 6.45) is 64.7. The van der Waals surface area contributed by atoms with Gasteiger partial charge in [-0.2, -0.15) is 0 Å². The minimum Gasteiger partial charge on any atom is -0.462 e. The highest BCUT2D eigenvalue weighted by Gasteiger charge is 2.30. The van der Waals surface area contributed by atoms with Gasteiger partial charge in [0.25, 0.3) is 0 Å². The lowest BCUT2D eigenvalue weighted by Gasteiger charge is -2.21. The average Bonchev–Trinajstić information content (AvgIpc) is 0.915. The van der Waals surface area contributed by atoms with Crippen molar-refractivity contribution in [1.29, 1.82) is 0 Å². The normalized spacial score (nSPS) is 14.1. The molecule has 0 saturated carbocycles. The second-order valence-electron chi connectivity index (χ2n) is 29.4. The third kappa shape index (κ3) is 73.8. The van der Waals surface area contributed by atoms with Crippen LogP contribution in [0.15, 0.2) is 24.3 Å². The first-order chi connectivity index (χ1) is 48.4. The van der Waals surface area contributed by atoms with Crippen molar-refractivity contribution >= 4 is 39.5 Å². The largest absolute Gasteiger partial charge is 0.472 e. The summed E-state index contributed by atoms with van der Waals surface area (Å²) in [7, 11) is -9.93. The van der Waals surface area contributed by atoms with Crippen LogP contribution in [0.3, 0.4) is 0 Å². The zero-order valence-electron chi connectivity index (χ0n) is 65.0. The molecule has 0 radical (unpaired) electrons. The molecule has 0 amide bonds. The summed E-state index contributed by atoms with van der Waals surface area (Å²) in [5, 5.41) is 10.6. The van der Waals surface area contributed by atoms with Gasteiger partial charge in [0.1, 0.15) is 19.3 Å². The van der Waals surface area contributed by atoms with E-state index in [-0.39, 0.29) is 25.7 Å². The number of phosphoric ester groups is 2. The average molecular weight is 1460 g/mol. The SMILES string of the molecule is CCCCCC/C=C\C=C/CCCCCCCC(=O)O[C@H](COC(=O)CCCCCCCCCC(C)C)COP(=O)(O)OC[C@H](O)COP(=O)(O)OC[C@@H](COC(=O)CCCCCCCCCCCCCCCCC(C)C)OC(=O)CCCCCCCCCCCCCCCCCCCC. The van der Waals surface area contributed by atoms with E-state index in [1.807, 2.05) is 0 Å². The minimum absolute atomic E-state index is 0.0844. The number of allylic oxidation sites excluding steroid dienone is 4.